The first-order chi connectivity index (χ1) is 7.27. The van der Waals surface area contributed by atoms with E-state index in [1.165, 1.54) is 4.90 Å². The maximum absolute atomic E-state index is 12.4. The molecule has 0 aliphatic carbocycles. The van der Waals surface area contributed by atoms with Gasteiger partial charge in [-0.25, -0.2) is 4.79 Å². The molecule has 1 aromatic heterocycles. The summed E-state index contributed by atoms with van der Waals surface area (Å²) in [4.78, 5) is 17.8. The monoisotopic (exact) mass is 209 g/mol. The Kier molecular flexibility index (Phi) is 2.80. The van der Waals surface area contributed by atoms with Gasteiger partial charge in [0.1, 0.15) is 0 Å². The van der Waals surface area contributed by atoms with E-state index in [9.17, 15) is 9.18 Å². The van der Waals surface area contributed by atoms with Crippen molar-refractivity contribution in [3.63, 3.8) is 0 Å². The number of aromatic nitrogens is 1. The van der Waals surface area contributed by atoms with Crippen LogP contribution in [0.15, 0.2) is 24.5 Å². The SMILES string of the molecule is O=C(F)N1CCN(c2cccnc2)CC1. The molecule has 0 unspecified atom stereocenters. The second-order valence-corrected chi connectivity index (χ2v) is 3.44. The molecule has 2 heterocycles. The number of carbonyl (C=O) groups excluding carboxylic acids is 1. The van der Waals surface area contributed by atoms with E-state index in [0.29, 0.717) is 26.2 Å². The largest absolute Gasteiger partial charge is 0.400 e. The van der Waals surface area contributed by atoms with Crippen LogP contribution in [0.25, 0.3) is 0 Å². The molecule has 1 aromatic rings. The first-order valence-electron chi connectivity index (χ1n) is 4.87. The molecule has 0 N–H and O–H groups in total. The van der Waals surface area contributed by atoms with E-state index >= 15 is 0 Å². The molecule has 4 nitrogen and oxygen atoms in total. The molecule has 2 rings (SSSR count). The molecule has 1 aliphatic rings. The number of piperazine rings is 1. The molecular weight excluding hydrogens is 197 g/mol. The van der Waals surface area contributed by atoms with Crippen molar-refractivity contribution in [2.75, 3.05) is 31.1 Å². The molecule has 0 saturated carbocycles. The predicted octanol–water partition coefficient (Wildman–Crippen LogP) is 1.29. The zero-order valence-corrected chi connectivity index (χ0v) is 8.27. The molecule has 1 aliphatic heterocycles. The number of pyridine rings is 1. The number of rotatable bonds is 1. The van der Waals surface area contributed by atoms with Crippen LogP contribution in [-0.2, 0) is 0 Å². The topological polar surface area (TPSA) is 36.4 Å². The average molecular weight is 209 g/mol. The molecule has 1 saturated heterocycles. The van der Waals surface area contributed by atoms with Gasteiger partial charge in [0.05, 0.1) is 11.9 Å². The Labute approximate surface area is 87.3 Å². The molecule has 0 spiro atoms. The van der Waals surface area contributed by atoms with Gasteiger partial charge in [0.25, 0.3) is 0 Å². The summed E-state index contributed by atoms with van der Waals surface area (Å²) >= 11 is 0. The van der Waals surface area contributed by atoms with E-state index in [-0.39, 0.29) is 0 Å². The van der Waals surface area contributed by atoms with Crippen LogP contribution in [0.4, 0.5) is 14.9 Å². The number of hydrogen-bond acceptors (Lipinski definition) is 3. The molecule has 15 heavy (non-hydrogen) atoms. The van der Waals surface area contributed by atoms with Crippen molar-refractivity contribution >= 4 is 11.8 Å². The number of anilines is 1. The maximum atomic E-state index is 12.4. The van der Waals surface area contributed by atoms with Gasteiger partial charge in [-0.05, 0) is 12.1 Å². The van der Waals surface area contributed by atoms with Crippen LogP contribution in [0.1, 0.15) is 0 Å². The first-order valence-corrected chi connectivity index (χ1v) is 4.87. The number of hydrogen-bond donors (Lipinski definition) is 0. The van der Waals surface area contributed by atoms with Gasteiger partial charge in [-0.15, -0.1) is 4.39 Å². The summed E-state index contributed by atoms with van der Waals surface area (Å²) in [6.45, 7) is 2.18. The summed E-state index contributed by atoms with van der Waals surface area (Å²) in [5, 5.41) is 0. The van der Waals surface area contributed by atoms with Gasteiger partial charge in [-0.1, -0.05) is 0 Å². The normalized spacial score (nSPS) is 16.6. The maximum Gasteiger partial charge on any atom is 0.400 e. The highest BCUT2D eigenvalue weighted by Crippen LogP contribution is 2.14. The highest BCUT2D eigenvalue weighted by atomic mass is 19.1. The average Bonchev–Trinajstić information content (AvgIpc) is 2.30. The molecule has 1 amide bonds. The third kappa shape index (κ3) is 2.23. The van der Waals surface area contributed by atoms with Crippen LogP contribution in [-0.4, -0.2) is 42.2 Å². The van der Waals surface area contributed by atoms with E-state index in [1.807, 2.05) is 12.1 Å². The van der Waals surface area contributed by atoms with Crippen LogP contribution >= 0.6 is 0 Å². The molecule has 80 valence electrons. The highest BCUT2D eigenvalue weighted by molar-refractivity contribution is 5.66. The summed E-state index contributed by atoms with van der Waals surface area (Å²) in [5.74, 6) is 0. The minimum atomic E-state index is -1.33. The Morgan fingerprint density at radius 2 is 2.07 bits per heavy atom. The Morgan fingerprint density at radius 1 is 1.33 bits per heavy atom. The third-order valence-corrected chi connectivity index (χ3v) is 2.54. The molecule has 0 radical (unpaired) electrons. The van der Waals surface area contributed by atoms with Crippen LogP contribution in [0.3, 0.4) is 0 Å². The van der Waals surface area contributed by atoms with Crippen LogP contribution < -0.4 is 4.90 Å². The van der Waals surface area contributed by atoms with E-state index in [1.54, 1.807) is 12.4 Å². The summed E-state index contributed by atoms with van der Waals surface area (Å²) in [6, 6.07) is 3.82. The Hall–Kier alpha value is -1.65. The van der Waals surface area contributed by atoms with E-state index in [2.05, 4.69) is 9.88 Å². The molecule has 1 fully saturated rings. The van der Waals surface area contributed by atoms with Gasteiger partial charge in [0.15, 0.2) is 0 Å². The van der Waals surface area contributed by atoms with Gasteiger partial charge in [-0.2, -0.15) is 0 Å². The van der Waals surface area contributed by atoms with Crippen molar-refractivity contribution in [3.8, 4) is 0 Å². The summed E-state index contributed by atoms with van der Waals surface area (Å²) in [6.07, 6.45) is 2.15. The number of carbonyl (C=O) groups is 1. The van der Waals surface area contributed by atoms with Crippen LogP contribution in [0, 0.1) is 0 Å². The van der Waals surface area contributed by atoms with Crippen molar-refractivity contribution in [3.05, 3.63) is 24.5 Å². The molecule has 0 bridgehead atoms. The highest BCUT2D eigenvalue weighted by Gasteiger charge is 2.20. The summed E-state index contributed by atoms with van der Waals surface area (Å²) in [7, 11) is 0. The van der Waals surface area contributed by atoms with Crippen LogP contribution in [0.5, 0.6) is 0 Å². The second kappa shape index (κ2) is 4.25. The second-order valence-electron chi connectivity index (χ2n) is 3.44. The number of amides is 1. The number of halogens is 1. The van der Waals surface area contributed by atoms with Crippen molar-refractivity contribution in [2.24, 2.45) is 0 Å². The van der Waals surface area contributed by atoms with Gasteiger partial charge in [0.2, 0.25) is 0 Å². The standard InChI is InChI=1S/C10H12FN3O/c11-10(15)14-6-4-13(5-7-14)9-2-1-3-12-8-9/h1-3,8H,4-7H2. The van der Waals surface area contributed by atoms with Gasteiger partial charge in [-0.3, -0.25) is 4.98 Å². The van der Waals surface area contributed by atoms with Crippen molar-refractivity contribution < 1.29 is 9.18 Å². The zero-order chi connectivity index (χ0) is 10.7. The van der Waals surface area contributed by atoms with Crippen molar-refractivity contribution in [2.45, 2.75) is 0 Å². The Balaban J connectivity index is 1.97. The zero-order valence-electron chi connectivity index (χ0n) is 8.27. The fraction of sp³-hybridized carbons (Fsp3) is 0.400. The lowest BCUT2D eigenvalue weighted by atomic mass is 10.3. The predicted molar refractivity (Wildman–Crippen MR) is 54.5 cm³/mol. The minimum absolute atomic E-state index is 0.435. The minimum Gasteiger partial charge on any atom is -0.367 e. The first kappa shape index (κ1) is 9.89. The Morgan fingerprint density at radius 3 is 2.60 bits per heavy atom. The van der Waals surface area contributed by atoms with E-state index in [0.717, 1.165) is 5.69 Å². The van der Waals surface area contributed by atoms with E-state index in [4.69, 9.17) is 0 Å². The summed E-state index contributed by atoms with van der Waals surface area (Å²) in [5.41, 5.74) is 1.02. The smallest absolute Gasteiger partial charge is 0.367 e. The Bertz CT molecular complexity index is 336. The molecule has 0 aromatic carbocycles. The third-order valence-electron chi connectivity index (χ3n) is 2.54. The van der Waals surface area contributed by atoms with Crippen molar-refractivity contribution in [1.82, 2.24) is 9.88 Å². The van der Waals surface area contributed by atoms with Crippen molar-refractivity contribution in [1.29, 1.82) is 0 Å². The molecule has 5 heteroatoms. The van der Waals surface area contributed by atoms with E-state index < -0.39 is 6.16 Å². The molecule has 0 atom stereocenters. The summed E-state index contributed by atoms with van der Waals surface area (Å²) < 4.78 is 12.4. The molecular formula is C10H12FN3O. The fourth-order valence-electron chi connectivity index (χ4n) is 1.68. The lowest BCUT2D eigenvalue weighted by Gasteiger charge is -2.34. The van der Waals surface area contributed by atoms with Gasteiger partial charge >= 0.3 is 6.16 Å². The lowest BCUT2D eigenvalue weighted by molar-refractivity contribution is 0.171. The lowest BCUT2D eigenvalue weighted by Crippen LogP contribution is -2.47. The van der Waals surface area contributed by atoms with Crippen LogP contribution in [0.2, 0.25) is 0 Å². The van der Waals surface area contributed by atoms with Gasteiger partial charge < -0.3 is 9.80 Å². The number of nitrogens with zero attached hydrogens (tertiary/aromatic N) is 3. The van der Waals surface area contributed by atoms with Gasteiger partial charge in [0, 0.05) is 32.4 Å². The fourth-order valence-corrected chi connectivity index (χ4v) is 1.68. The quantitative estimate of drug-likeness (QED) is 0.516.